The maximum absolute atomic E-state index is 10.8. The van der Waals surface area contributed by atoms with E-state index in [0.717, 1.165) is 32.2 Å². The van der Waals surface area contributed by atoms with Crippen LogP contribution in [0.4, 0.5) is 0 Å². The Morgan fingerprint density at radius 3 is 2.50 bits per heavy atom. The molecule has 1 atom stereocenters. The van der Waals surface area contributed by atoms with Crippen molar-refractivity contribution in [2.45, 2.75) is 25.8 Å². The summed E-state index contributed by atoms with van der Waals surface area (Å²) in [6, 6.07) is 0.356. The first-order valence-corrected chi connectivity index (χ1v) is 4.70. The van der Waals surface area contributed by atoms with Gasteiger partial charge in [-0.25, -0.2) is 0 Å². The zero-order valence-corrected chi connectivity index (χ0v) is 8.36. The lowest BCUT2D eigenvalue weighted by molar-refractivity contribution is -0.135. The summed E-state index contributed by atoms with van der Waals surface area (Å²) in [5.74, 6) is 0.140. The fourth-order valence-corrected chi connectivity index (χ4v) is 1.61. The van der Waals surface area contributed by atoms with Crippen LogP contribution in [-0.2, 0) is 14.3 Å². The Hall–Kier alpha value is -1.16. The molecule has 0 spiro atoms. The maximum atomic E-state index is 10.8. The molecular formula is C10H15NO3. The van der Waals surface area contributed by atoms with Crippen LogP contribution < -0.4 is 0 Å². The fraction of sp³-hybridized carbons (Fsp3) is 0.600. The number of esters is 1. The molecule has 2 saturated heterocycles. The largest absolute Gasteiger partial charge is 0.435 e. The second-order valence-electron chi connectivity index (χ2n) is 3.33. The van der Waals surface area contributed by atoms with Crippen LogP contribution in [0.2, 0.25) is 0 Å². The number of carbonyl (C=O) groups excluding carboxylic acids is 2. The molecule has 0 aliphatic carbocycles. The third-order valence-corrected chi connectivity index (χ3v) is 2.40. The molecule has 2 rings (SSSR count). The van der Waals surface area contributed by atoms with E-state index in [9.17, 15) is 9.59 Å². The lowest BCUT2D eigenvalue weighted by Gasteiger charge is -2.32. The summed E-state index contributed by atoms with van der Waals surface area (Å²) >= 11 is 0. The molecule has 0 saturated carbocycles. The summed E-state index contributed by atoms with van der Waals surface area (Å²) in [5.41, 5.74) is 0. The number of fused-ring (bicyclic) bond motifs is 1. The Balaban J connectivity index is 0.000000149. The number of hydrogen-bond donors (Lipinski definition) is 0. The van der Waals surface area contributed by atoms with Crippen LogP contribution in [0.3, 0.4) is 0 Å². The Morgan fingerprint density at radius 1 is 1.64 bits per heavy atom. The summed E-state index contributed by atoms with van der Waals surface area (Å²) in [5, 5.41) is 0. The molecule has 2 aliphatic rings. The standard InChI is InChI=1S/C6H9NO.C4H6O2/c8-6-2-4-7-3-1-5(6)7;1-3-6-4(2)5/h5H,1-4H2;3H,1H2,2H3. The first-order valence-electron chi connectivity index (χ1n) is 4.70. The molecule has 2 fully saturated rings. The summed E-state index contributed by atoms with van der Waals surface area (Å²) in [4.78, 5) is 22.8. The van der Waals surface area contributed by atoms with Gasteiger partial charge in [0.25, 0.3) is 0 Å². The van der Waals surface area contributed by atoms with Gasteiger partial charge in [-0.05, 0) is 6.42 Å². The molecule has 2 aliphatic heterocycles. The Kier molecular flexibility index (Phi) is 3.83. The van der Waals surface area contributed by atoms with Gasteiger partial charge >= 0.3 is 5.97 Å². The van der Waals surface area contributed by atoms with Gasteiger partial charge in [0.1, 0.15) is 0 Å². The predicted molar refractivity (Wildman–Crippen MR) is 51.6 cm³/mol. The highest BCUT2D eigenvalue weighted by Crippen LogP contribution is 2.24. The molecule has 0 aromatic rings. The van der Waals surface area contributed by atoms with Crippen molar-refractivity contribution in [3.8, 4) is 0 Å². The highest BCUT2D eigenvalue weighted by molar-refractivity contribution is 5.87. The highest BCUT2D eigenvalue weighted by atomic mass is 16.5. The average molecular weight is 197 g/mol. The molecule has 4 heteroatoms. The first-order chi connectivity index (χ1) is 6.65. The van der Waals surface area contributed by atoms with E-state index >= 15 is 0 Å². The minimum Gasteiger partial charge on any atom is -0.435 e. The van der Waals surface area contributed by atoms with E-state index in [-0.39, 0.29) is 5.97 Å². The molecule has 14 heavy (non-hydrogen) atoms. The van der Waals surface area contributed by atoms with E-state index in [0.29, 0.717) is 11.8 Å². The van der Waals surface area contributed by atoms with Crippen LogP contribution in [-0.4, -0.2) is 35.8 Å². The second-order valence-corrected chi connectivity index (χ2v) is 3.33. The topological polar surface area (TPSA) is 46.6 Å². The van der Waals surface area contributed by atoms with Crippen molar-refractivity contribution in [3.05, 3.63) is 12.8 Å². The SMILES string of the molecule is C=COC(C)=O.O=C1CCN2CCC12. The van der Waals surface area contributed by atoms with E-state index in [4.69, 9.17) is 0 Å². The van der Waals surface area contributed by atoms with E-state index < -0.39 is 0 Å². The summed E-state index contributed by atoms with van der Waals surface area (Å²) in [6.45, 7) is 6.67. The summed E-state index contributed by atoms with van der Waals surface area (Å²) < 4.78 is 4.17. The molecule has 2 heterocycles. The van der Waals surface area contributed by atoms with Crippen molar-refractivity contribution in [1.82, 2.24) is 4.90 Å². The minimum atomic E-state index is -0.329. The normalized spacial score (nSPS) is 24.1. The van der Waals surface area contributed by atoms with E-state index in [1.807, 2.05) is 0 Å². The molecule has 0 amide bonds. The fourth-order valence-electron chi connectivity index (χ4n) is 1.61. The van der Waals surface area contributed by atoms with E-state index in [1.54, 1.807) is 0 Å². The van der Waals surface area contributed by atoms with Gasteiger partial charge in [-0.2, -0.15) is 0 Å². The highest BCUT2D eigenvalue weighted by Gasteiger charge is 2.38. The summed E-state index contributed by atoms with van der Waals surface area (Å²) in [6.07, 6.45) is 3.03. The lowest BCUT2D eigenvalue weighted by Crippen LogP contribution is -2.45. The Labute approximate surface area is 83.5 Å². The van der Waals surface area contributed by atoms with Crippen molar-refractivity contribution < 1.29 is 14.3 Å². The first kappa shape index (κ1) is 10.9. The van der Waals surface area contributed by atoms with Gasteiger partial charge in [0.05, 0.1) is 12.3 Å². The lowest BCUT2D eigenvalue weighted by atomic mass is 10.0. The van der Waals surface area contributed by atoms with Crippen LogP contribution in [0.25, 0.3) is 0 Å². The zero-order chi connectivity index (χ0) is 10.6. The van der Waals surface area contributed by atoms with Gasteiger partial charge in [0.2, 0.25) is 0 Å². The van der Waals surface area contributed by atoms with Gasteiger partial charge in [-0.3, -0.25) is 14.5 Å². The molecule has 0 aromatic heterocycles. The third kappa shape index (κ3) is 2.67. The molecule has 0 aromatic carbocycles. The molecule has 0 N–H and O–H groups in total. The minimum absolute atomic E-state index is 0.329. The average Bonchev–Trinajstić information content (AvgIpc) is 2.25. The number of rotatable bonds is 1. The van der Waals surface area contributed by atoms with Crippen molar-refractivity contribution >= 4 is 11.8 Å². The second kappa shape index (κ2) is 4.91. The van der Waals surface area contributed by atoms with Crippen LogP contribution in [0.15, 0.2) is 12.8 Å². The van der Waals surface area contributed by atoms with Gasteiger partial charge < -0.3 is 4.74 Å². The number of ether oxygens (including phenoxy) is 1. The zero-order valence-electron chi connectivity index (χ0n) is 8.36. The molecule has 0 bridgehead atoms. The van der Waals surface area contributed by atoms with Crippen LogP contribution in [0, 0.1) is 0 Å². The Bertz CT molecular complexity index is 250. The number of ketones is 1. The molecule has 0 radical (unpaired) electrons. The molecule has 4 nitrogen and oxygen atoms in total. The number of hydrogen-bond acceptors (Lipinski definition) is 4. The van der Waals surface area contributed by atoms with E-state index in [2.05, 4.69) is 16.2 Å². The van der Waals surface area contributed by atoms with E-state index in [1.165, 1.54) is 6.92 Å². The number of Topliss-reactive ketones (excluding diaryl/α,β-unsaturated/α-hetero) is 1. The van der Waals surface area contributed by atoms with Crippen molar-refractivity contribution in [1.29, 1.82) is 0 Å². The number of nitrogens with zero attached hydrogens (tertiary/aromatic N) is 1. The van der Waals surface area contributed by atoms with Gasteiger partial charge in [0.15, 0.2) is 5.78 Å². The Morgan fingerprint density at radius 2 is 2.36 bits per heavy atom. The van der Waals surface area contributed by atoms with Crippen molar-refractivity contribution in [2.24, 2.45) is 0 Å². The molecule has 1 unspecified atom stereocenters. The van der Waals surface area contributed by atoms with Crippen molar-refractivity contribution in [2.75, 3.05) is 13.1 Å². The van der Waals surface area contributed by atoms with Crippen molar-refractivity contribution in [3.63, 3.8) is 0 Å². The quantitative estimate of drug-likeness (QED) is 0.459. The summed E-state index contributed by atoms with van der Waals surface area (Å²) in [7, 11) is 0. The van der Waals surface area contributed by atoms with Crippen LogP contribution >= 0.6 is 0 Å². The smallest absolute Gasteiger partial charge is 0.307 e. The van der Waals surface area contributed by atoms with Crippen LogP contribution in [0.5, 0.6) is 0 Å². The van der Waals surface area contributed by atoms with Crippen LogP contribution in [0.1, 0.15) is 19.8 Å². The maximum Gasteiger partial charge on any atom is 0.307 e. The molecular weight excluding hydrogens is 182 g/mol. The predicted octanol–water partition coefficient (Wildman–Crippen LogP) is 0.727. The van der Waals surface area contributed by atoms with Gasteiger partial charge in [-0.15, -0.1) is 0 Å². The van der Waals surface area contributed by atoms with Gasteiger partial charge in [-0.1, -0.05) is 6.58 Å². The molecule has 78 valence electrons. The third-order valence-electron chi connectivity index (χ3n) is 2.40. The monoisotopic (exact) mass is 197 g/mol. The van der Waals surface area contributed by atoms with Gasteiger partial charge in [0, 0.05) is 26.4 Å². The number of carbonyl (C=O) groups is 2.